The molecule has 0 bridgehead atoms. The van der Waals surface area contributed by atoms with Crippen LogP contribution in [-0.4, -0.2) is 22.6 Å². The van der Waals surface area contributed by atoms with E-state index in [-0.39, 0.29) is 51.6 Å². The van der Waals surface area contributed by atoms with Crippen molar-refractivity contribution in [3.63, 3.8) is 0 Å². The third-order valence-corrected chi connectivity index (χ3v) is 10.7. The molecule has 5 nitrogen and oxygen atoms in total. The maximum atomic E-state index is 13.9. The molecule has 0 amide bonds. The van der Waals surface area contributed by atoms with Crippen molar-refractivity contribution >= 4 is 17.5 Å². The van der Waals surface area contributed by atoms with Crippen LogP contribution < -0.4 is 0 Å². The molecule has 0 spiro atoms. The zero-order valence-corrected chi connectivity index (χ0v) is 22.2. The van der Waals surface area contributed by atoms with Crippen molar-refractivity contribution in [1.29, 1.82) is 5.26 Å². The molecule has 5 heteroatoms. The maximum Gasteiger partial charge on any atom is 0.309 e. The van der Waals surface area contributed by atoms with Gasteiger partial charge in [-0.15, -0.1) is 0 Å². The number of ketones is 2. The van der Waals surface area contributed by atoms with Crippen molar-refractivity contribution in [3.05, 3.63) is 23.3 Å². The molecule has 190 valence electrons. The molecule has 0 aliphatic heterocycles. The zero-order valence-electron chi connectivity index (χ0n) is 22.2. The van der Waals surface area contributed by atoms with Gasteiger partial charge in [-0.25, -0.2) is 0 Å². The smallest absolute Gasteiger partial charge is 0.309 e. The summed E-state index contributed by atoms with van der Waals surface area (Å²) in [4.78, 5) is 38.9. The number of hydrogen-bond acceptors (Lipinski definition) is 4. The van der Waals surface area contributed by atoms with Crippen LogP contribution in [0.15, 0.2) is 23.3 Å². The van der Waals surface area contributed by atoms with Gasteiger partial charge in [0.25, 0.3) is 0 Å². The molecular formula is C30H41NO4. The lowest BCUT2D eigenvalue weighted by molar-refractivity contribution is -0.174. The number of carboxylic acid groups (broad SMARTS) is 1. The molecule has 0 saturated heterocycles. The Morgan fingerprint density at radius 2 is 1.71 bits per heavy atom. The monoisotopic (exact) mass is 479 g/mol. The first-order valence-corrected chi connectivity index (χ1v) is 13.5. The molecule has 1 N–H and O–H groups in total. The molecule has 5 aliphatic carbocycles. The van der Waals surface area contributed by atoms with Gasteiger partial charge in [-0.2, -0.15) is 5.26 Å². The largest absolute Gasteiger partial charge is 0.481 e. The van der Waals surface area contributed by atoms with Crippen molar-refractivity contribution < 1.29 is 19.5 Å². The van der Waals surface area contributed by atoms with Gasteiger partial charge in [-0.05, 0) is 79.6 Å². The fourth-order valence-electron chi connectivity index (χ4n) is 8.78. The maximum absolute atomic E-state index is 13.9. The normalized spacial score (nSPS) is 43.5. The summed E-state index contributed by atoms with van der Waals surface area (Å²) in [6.07, 6.45) is 9.54. The van der Waals surface area contributed by atoms with Gasteiger partial charge >= 0.3 is 5.97 Å². The second kappa shape index (κ2) is 8.43. The lowest BCUT2D eigenvalue weighted by Crippen LogP contribution is -2.60. The third kappa shape index (κ3) is 3.58. The van der Waals surface area contributed by atoms with Gasteiger partial charge in [0.1, 0.15) is 6.07 Å². The van der Waals surface area contributed by atoms with E-state index in [1.807, 2.05) is 26.0 Å². The number of carbonyl (C=O) groups is 3. The number of rotatable bonds is 1. The number of allylic oxidation sites excluding steroid dienone is 4. The third-order valence-electron chi connectivity index (χ3n) is 10.7. The summed E-state index contributed by atoms with van der Waals surface area (Å²) in [5.41, 5.74) is -0.145. The summed E-state index contributed by atoms with van der Waals surface area (Å²) in [5, 5.41) is 19.9. The summed E-state index contributed by atoms with van der Waals surface area (Å²) in [6, 6.07) is 2.09. The second-order valence-electron chi connectivity index (χ2n) is 12.8. The Morgan fingerprint density at radius 1 is 1.03 bits per heavy atom. The number of fused-ring (bicyclic) bond motifs is 7. The Balaban J connectivity index is 0.00000141. The SMILES string of the molecule is CC.CC1(C)CCC2(C(=O)O)CCC3C(C(=O)C=C4C5(C)C=C(C#N)C(=O)CC5CCC43C)C2C1. The van der Waals surface area contributed by atoms with Gasteiger partial charge in [0.05, 0.1) is 11.0 Å². The molecule has 0 aromatic rings. The molecule has 5 aliphatic rings. The van der Waals surface area contributed by atoms with Crippen LogP contribution in [0.4, 0.5) is 0 Å². The summed E-state index contributed by atoms with van der Waals surface area (Å²) in [5.74, 6) is -0.899. The van der Waals surface area contributed by atoms with E-state index in [0.717, 1.165) is 37.7 Å². The van der Waals surface area contributed by atoms with Crippen LogP contribution in [0.5, 0.6) is 0 Å². The molecule has 3 saturated carbocycles. The molecule has 0 aromatic heterocycles. The minimum Gasteiger partial charge on any atom is -0.481 e. The summed E-state index contributed by atoms with van der Waals surface area (Å²) in [6.45, 7) is 12.8. The van der Waals surface area contributed by atoms with Crippen LogP contribution in [0, 0.1) is 56.7 Å². The predicted octanol–water partition coefficient (Wildman–Crippen LogP) is 6.29. The number of hydrogen-bond donors (Lipinski definition) is 1. The van der Waals surface area contributed by atoms with E-state index in [2.05, 4.69) is 33.8 Å². The van der Waals surface area contributed by atoms with Crippen LogP contribution in [0.2, 0.25) is 0 Å². The number of nitrogens with zero attached hydrogens (tertiary/aromatic N) is 1. The molecule has 7 atom stereocenters. The van der Waals surface area contributed by atoms with Gasteiger partial charge in [-0.3, -0.25) is 14.4 Å². The first-order valence-electron chi connectivity index (χ1n) is 13.5. The number of Topliss-reactive ketones (excluding diaryl/α,β-unsaturated/α-hetero) is 1. The van der Waals surface area contributed by atoms with E-state index in [1.165, 1.54) is 0 Å². The van der Waals surface area contributed by atoms with Crippen LogP contribution in [0.3, 0.4) is 0 Å². The fourth-order valence-corrected chi connectivity index (χ4v) is 8.78. The Morgan fingerprint density at radius 3 is 2.34 bits per heavy atom. The highest BCUT2D eigenvalue weighted by atomic mass is 16.4. The van der Waals surface area contributed by atoms with Gasteiger partial charge in [0.2, 0.25) is 0 Å². The van der Waals surface area contributed by atoms with E-state index in [4.69, 9.17) is 0 Å². The predicted molar refractivity (Wildman–Crippen MR) is 134 cm³/mol. The van der Waals surface area contributed by atoms with Gasteiger partial charge in [0, 0.05) is 17.8 Å². The highest BCUT2D eigenvalue weighted by molar-refractivity contribution is 6.01. The van der Waals surface area contributed by atoms with Gasteiger partial charge in [-0.1, -0.05) is 53.2 Å². The molecule has 5 rings (SSSR count). The lowest BCUT2D eigenvalue weighted by Gasteiger charge is -2.63. The minimum atomic E-state index is -0.791. The Labute approximate surface area is 210 Å². The molecule has 7 unspecified atom stereocenters. The van der Waals surface area contributed by atoms with Crippen molar-refractivity contribution in [3.8, 4) is 6.07 Å². The summed E-state index contributed by atoms with van der Waals surface area (Å²) < 4.78 is 0. The Bertz CT molecular complexity index is 1060. The minimum absolute atomic E-state index is 0.0362. The summed E-state index contributed by atoms with van der Waals surface area (Å²) >= 11 is 0. The Hall–Kier alpha value is -2.22. The van der Waals surface area contributed by atoms with Crippen LogP contribution in [0.1, 0.15) is 92.9 Å². The molecule has 35 heavy (non-hydrogen) atoms. The number of aliphatic carboxylic acids is 1. The van der Waals surface area contributed by atoms with E-state index in [9.17, 15) is 24.8 Å². The average molecular weight is 480 g/mol. The van der Waals surface area contributed by atoms with Gasteiger partial charge < -0.3 is 5.11 Å². The topological polar surface area (TPSA) is 95.2 Å². The van der Waals surface area contributed by atoms with Crippen LogP contribution in [0.25, 0.3) is 0 Å². The first kappa shape index (κ1) is 25.9. The van der Waals surface area contributed by atoms with E-state index in [1.54, 1.807) is 0 Å². The first-order chi connectivity index (χ1) is 16.4. The lowest BCUT2D eigenvalue weighted by atomic mass is 9.40. The van der Waals surface area contributed by atoms with E-state index in [0.29, 0.717) is 19.3 Å². The quantitative estimate of drug-likeness (QED) is 0.477. The molecule has 3 fully saturated rings. The molecule has 0 radical (unpaired) electrons. The molecule has 0 heterocycles. The highest BCUT2D eigenvalue weighted by Crippen LogP contribution is 2.69. The van der Waals surface area contributed by atoms with Crippen LogP contribution >= 0.6 is 0 Å². The van der Waals surface area contributed by atoms with Crippen molar-refractivity contribution in [2.24, 2.45) is 45.3 Å². The van der Waals surface area contributed by atoms with Crippen molar-refractivity contribution in [1.82, 2.24) is 0 Å². The second-order valence-corrected chi connectivity index (χ2v) is 12.8. The highest BCUT2D eigenvalue weighted by Gasteiger charge is 2.65. The molecule has 0 aromatic carbocycles. The number of nitriles is 1. The summed E-state index contributed by atoms with van der Waals surface area (Å²) in [7, 11) is 0. The Kier molecular flexibility index (Phi) is 6.23. The number of carbonyl (C=O) groups excluding carboxylic acids is 2. The average Bonchev–Trinajstić information content (AvgIpc) is 2.81. The van der Waals surface area contributed by atoms with Crippen molar-refractivity contribution in [2.45, 2.75) is 92.9 Å². The van der Waals surface area contributed by atoms with Crippen LogP contribution in [-0.2, 0) is 14.4 Å². The van der Waals surface area contributed by atoms with Crippen molar-refractivity contribution in [2.75, 3.05) is 0 Å². The van der Waals surface area contributed by atoms with E-state index < -0.39 is 16.8 Å². The molecular weight excluding hydrogens is 438 g/mol. The van der Waals surface area contributed by atoms with E-state index >= 15 is 0 Å². The van der Waals surface area contributed by atoms with Gasteiger partial charge in [0.15, 0.2) is 11.6 Å². The number of carboxylic acids is 1. The fraction of sp³-hybridized carbons (Fsp3) is 0.733. The zero-order chi connectivity index (χ0) is 26.0. The standard InChI is InChI=1S/C28H35NO4.C2H6/c1-25(2)9-10-28(24(32)33)8-6-18-23(19(28)14-25)21(31)12-22-26(18,3)7-5-17-11-20(30)16(15-29)13-27(17,22)4;1-2/h12-13,17-19,23H,5-11,14H2,1-4H3,(H,32,33);1-2H3.